The van der Waals surface area contributed by atoms with Gasteiger partial charge < -0.3 is 10.6 Å². The van der Waals surface area contributed by atoms with Crippen LogP contribution in [0.25, 0.3) is 16.9 Å². The Morgan fingerprint density at radius 1 is 0.909 bits per heavy atom. The fourth-order valence-electron chi connectivity index (χ4n) is 3.46. The number of amides is 2. The van der Waals surface area contributed by atoms with Gasteiger partial charge in [0.25, 0.3) is 5.91 Å². The number of nitrogens with zero attached hydrogens (tertiary/aromatic N) is 2. The Morgan fingerprint density at radius 2 is 1.55 bits per heavy atom. The first kappa shape index (κ1) is 22.0. The van der Waals surface area contributed by atoms with E-state index in [0.717, 1.165) is 22.4 Å². The van der Waals surface area contributed by atoms with Gasteiger partial charge in [-0.05, 0) is 31.5 Å². The summed E-state index contributed by atoms with van der Waals surface area (Å²) >= 11 is 0. The summed E-state index contributed by atoms with van der Waals surface area (Å²) in [6.07, 6.45) is 1.71. The van der Waals surface area contributed by atoms with Crippen LogP contribution in [0.5, 0.6) is 0 Å². The van der Waals surface area contributed by atoms with Crippen molar-refractivity contribution in [3.8, 4) is 16.9 Å². The van der Waals surface area contributed by atoms with Gasteiger partial charge >= 0.3 is 0 Å². The first-order chi connectivity index (χ1) is 16.0. The fraction of sp³-hybridized carbons (Fsp3) is 0.148. The number of carbonyl (C=O) groups excluding carboxylic acids is 2. The molecular weight excluding hydrogens is 412 g/mol. The van der Waals surface area contributed by atoms with Crippen LogP contribution in [0.1, 0.15) is 28.4 Å². The lowest BCUT2D eigenvalue weighted by atomic mass is 10.1. The summed E-state index contributed by atoms with van der Waals surface area (Å²) in [6, 6.07) is 26.4. The summed E-state index contributed by atoms with van der Waals surface area (Å²) in [6.45, 7) is 4.09. The van der Waals surface area contributed by atoms with E-state index in [0.29, 0.717) is 17.8 Å². The van der Waals surface area contributed by atoms with E-state index in [2.05, 4.69) is 15.7 Å². The minimum atomic E-state index is -0.701. The number of nitrogens with one attached hydrogen (secondary N) is 2. The lowest BCUT2D eigenvalue weighted by Crippen LogP contribution is -2.44. The van der Waals surface area contributed by atoms with Crippen LogP contribution in [0.4, 0.5) is 0 Å². The Kier molecular flexibility index (Phi) is 6.64. The van der Waals surface area contributed by atoms with E-state index in [-0.39, 0.29) is 11.8 Å². The Bertz CT molecular complexity index is 1230. The Labute approximate surface area is 193 Å². The molecule has 2 N–H and O–H groups in total. The summed E-state index contributed by atoms with van der Waals surface area (Å²) < 4.78 is 1.69. The predicted molar refractivity (Wildman–Crippen MR) is 129 cm³/mol. The van der Waals surface area contributed by atoms with Gasteiger partial charge in [-0.2, -0.15) is 5.10 Å². The second-order valence-electron chi connectivity index (χ2n) is 7.94. The van der Waals surface area contributed by atoms with E-state index in [1.165, 1.54) is 0 Å². The average molecular weight is 439 g/mol. The van der Waals surface area contributed by atoms with E-state index < -0.39 is 6.04 Å². The molecule has 0 aliphatic heterocycles. The minimum absolute atomic E-state index is 0.251. The third-order valence-electron chi connectivity index (χ3n) is 5.36. The Morgan fingerprint density at radius 3 is 2.21 bits per heavy atom. The van der Waals surface area contributed by atoms with Crippen LogP contribution in [0.15, 0.2) is 91.1 Å². The quantitative estimate of drug-likeness (QED) is 0.452. The van der Waals surface area contributed by atoms with Crippen molar-refractivity contribution in [1.82, 2.24) is 20.4 Å². The van der Waals surface area contributed by atoms with Crippen molar-refractivity contribution in [2.45, 2.75) is 26.4 Å². The lowest BCUT2D eigenvalue weighted by molar-refractivity contribution is -0.122. The molecule has 33 heavy (non-hydrogen) atoms. The molecule has 166 valence electrons. The van der Waals surface area contributed by atoms with Gasteiger partial charge in [0.2, 0.25) is 5.91 Å². The average Bonchev–Trinajstić information content (AvgIpc) is 3.30. The molecule has 0 radical (unpaired) electrons. The number of carbonyl (C=O) groups is 2. The highest BCUT2D eigenvalue weighted by molar-refractivity contribution is 6.02. The maximum absolute atomic E-state index is 13.2. The van der Waals surface area contributed by atoms with Gasteiger partial charge in [-0.15, -0.1) is 0 Å². The van der Waals surface area contributed by atoms with E-state index in [1.807, 2.05) is 91.9 Å². The minimum Gasteiger partial charge on any atom is -0.350 e. The molecule has 0 saturated carbocycles. The molecular formula is C27H26N4O2. The third-order valence-corrected chi connectivity index (χ3v) is 5.36. The number of hydrogen-bond donors (Lipinski definition) is 2. The van der Waals surface area contributed by atoms with E-state index in [1.54, 1.807) is 17.8 Å². The van der Waals surface area contributed by atoms with Crippen LogP contribution in [0.3, 0.4) is 0 Å². The van der Waals surface area contributed by atoms with Gasteiger partial charge in [-0.1, -0.05) is 78.4 Å². The van der Waals surface area contributed by atoms with Crippen molar-refractivity contribution in [3.63, 3.8) is 0 Å². The number of aromatic nitrogens is 2. The standard InChI is InChI=1S/C27H26N4O2/c1-19-13-15-23(16-14-19)31-18-24(25(30-31)22-11-7-4-8-12-22)27(33)29-20(2)26(32)28-17-21-9-5-3-6-10-21/h3-16,18,20H,17H2,1-2H3,(H,28,32)(H,29,33). The fourth-order valence-corrected chi connectivity index (χ4v) is 3.46. The first-order valence-corrected chi connectivity index (χ1v) is 10.9. The van der Waals surface area contributed by atoms with Crippen LogP contribution in [-0.4, -0.2) is 27.6 Å². The van der Waals surface area contributed by atoms with E-state index in [9.17, 15) is 9.59 Å². The third kappa shape index (κ3) is 5.36. The van der Waals surface area contributed by atoms with Crippen molar-refractivity contribution in [2.75, 3.05) is 0 Å². The summed E-state index contributed by atoms with van der Waals surface area (Å²) in [5.41, 5.74) is 4.79. The molecule has 4 rings (SSSR count). The molecule has 1 unspecified atom stereocenters. The highest BCUT2D eigenvalue weighted by Gasteiger charge is 2.22. The molecule has 1 atom stereocenters. The lowest BCUT2D eigenvalue weighted by Gasteiger charge is -2.14. The molecule has 2 amide bonds. The van der Waals surface area contributed by atoms with Gasteiger partial charge in [-0.25, -0.2) is 4.68 Å². The van der Waals surface area contributed by atoms with E-state index in [4.69, 9.17) is 0 Å². The molecule has 0 bridgehead atoms. The summed E-state index contributed by atoms with van der Waals surface area (Å²) in [7, 11) is 0. The van der Waals surface area contributed by atoms with Crippen LogP contribution in [0, 0.1) is 6.92 Å². The maximum atomic E-state index is 13.2. The molecule has 0 spiro atoms. The normalized spacial score (nSPS) is 11.6. The molecule has 6 nitrogen and oxygen atoms in total. The highest BCUT2D eigenvalue weighted by Crippen LogP contribution is 2.24. The molecule has 3 aromatic carbocycles. The van der Waals surface area contributed by atoms with Crippen molar-refractivity contribution in [3.05, 3.63) is 108 Å². The molecule has 4 aromatic rings. The first-order valence-electron chi connectivity index (χ1n) is 10.9. The van der Waals surface area contributed by atoms with Gasteiger partial charge in [0, 0.05) is 18.3 Å². The Hall–Kier alpha value is -4.19. The topological polar surface area (TPSA) is 76.0 Å². The predicted octanol–water partition coefficient (Wildman–Crippen LogP) is 4.28. The van der Waals surface area contributed by atoms with Crippen LogP contribution < -0.4 is 10.6 Å². The van der Waals surface area contributed by atoms with E-state index >= 15 is 0 Å². The van der Waals surface area contributed by atoms with Gasteiger partial charge in [0.1, 0.15) is 11.7 Å². The Balaban J connectivity index is 1.54. The number of aryl methyl sites for hydroxylation is 1. The largest absolute Gasteiger partial charge is 0.350 e. The molecule has 1 heterocycles. The van der Waals surface area contributed by atoms with Crippen molar-refractivity contribution >= 4 is 11.8 Å². The zero-order valence-corrected chi connectivity index (χ0v) is 18.7. The smallest absolute Gasteiger partial charge is 0.255 e. The molecule has 0 aliphatic rings. The van der Waals surface area contributed by atoms with Crippen molar-refractivity contribution < 1.29 is 9.59 Å². The molecule has 6 heteroatoms. The second kappa shape index (κ2) is 9.96. The van der Waals surface area contributed by atoms with Gasteiger partial charge in [0.15, 0.2) is 0 Å². The van der Waals surface area contributed by atoms with Crippen LogP contribution >= 0.6 is 0 Å². The number of benzene rings is 3. The monoisotopic (exact) mass is 438 g/mol. The summed E-state index contributed by atoms with van der Waals surface area (Å²) in [4.78, 5) is 25.7. The number of rotatable bonds is 7. The molecule has 0 aliphatic carbocycles. The van der Waals surface area contributed by atoms with Gasteiger partial charge in [0.05, 0.1) is 11.3 Å². The van der Waals surface area contributed by atoms with Crippen molar-refractivity contribution in [2.24, 2.45) is 0 Å². The number of hydrogen-bond acceptors (Lipinski definition) is 3. The zero-order chi connectivity index (χ0) is 23.2. The SMILES string of the molecule is Cc1ccc(-n2cc(C(=O)NC(C)C(=O)NCc3ccccc3)c(-c3ccccc3)n2)cc1. The maximum Gasteiger partial charge on any atom is 0.255 e. The highest BCUT2D eigenvalue weighted by atomic mass is 16.2. The molecule has 0 saturated heterocycles. The van der Waals surface area contributed by atoms with Gasteiger partial charge in [-0.3, -0.25) is 9.59 Å². The molecule has 1 aromatic heterocycles. The zero-order valence-electron chi connectivity index (χ0n) is 18.7. The van der Waals surface area contributed by atoms with Crippen LogP contribution in [0.2, 0.25) is 0 Å². The van der Waals surface area contributed by atoms with Crippen molar-refractivity contribution in [1.29, 1.82) is 0 Å². The summed E-state index contributed by atoms with van der Waals surface area (Å²) in [5.74, 6) is -0.603. The second-order valence-corrected chi connectivity index (χ2v) is 7.94. The molecule has 0 fully saturated rings. The summed E-state index contributed by atoms with van der Waals surface area (Å²) in [5, 5.41) is 10.4. The van der Waals surface area contributed by atoms with Crippen LogP contribution in [-0.2, 0) is 11.3 Å².